The summed E-state index contributed by atoms with van der Waals surface area (Å²) in [6, 6.07) is 10.3. The molecule has 1 aromatic carbocycles. The minimum atomic E-state index is -0.439. The van der Waals surface area contributed by atoms with E-state index in [1.165, 1.54) is 0 Å². The number of rotatable bonds is 6. The molecule has 18 heavy (non-hydrogen) atoms. The van der Waals surface area contributed by atoms with Gasteiger partial charge in [-0.05, 0) is 31.7 Å². The third-order valence-electron chi connectivity index (χ3n) is 2.99. The second-order valence-electron chi connectivity index (χ2n) is 5.34. The molecular weight excluding hydrogens is 246 g/mol. The van der Waals surface area contributed by atoms with Gasteiger partial charge in [-0.2, -0.15) is 0 Å². The Hall–Kier alpha value is -0.570. The van der Waals surface area contributed by atoms with Crippen LogP contribution < -0.4 is 5.32 Å². The van der Waals surface area contributed by atoms with E-state index >= 15 is 0 Å². The number of nitrogens with one attached hydrogen (secondary N) is 1. The Morgan fingerprint density at radius 2 is 1.61 bits per heavy atom. The van der Waals surface area contributed by atoms with Gasteiger partial charge in [0.25, 0.3) is 0 Å². The van der Waals surface area contributed by atoms with Crippen LogP contribution in [0, 0.1) is 5.92 Å². The van der Waals surface area contributed by atoms with Crippen molar-refractivity contribution in [3.8, 4) is 0 Å². The van der Waals surface area contributed by atoms with Crippen molar-refractivity contribution in [3.63, 3.8) is 0 Å². The van der Waals surface area contributed by atoms with Crippen LogP contribution in [0.4, 0.5) is 0 Å². The fraction of sp³-hybridized carbons (Fsp3) is 0.600. The lowest BCUT2D eigenvalue weighted by Crippen LogP contribution is -2.39. The van der Waals surface area contributed by atoms with Crippen LogP contribution in [-0.2, 0) is 0 Å². The topological polar surface area (TPSA) is 32.3 Å². The van der Waals surface area contributed by atoms with Crippen molar-refractivity contribution in [1.82, 2.24) is 5.32 Å². The van der Waals surface area contributed by atoms with Crippen LogP contribution in [0.25, 0.3) is 0 Å². The normalized spacial score (nSPS) is 15.9. The van der Waals surface area contributed by atoms with Crippen LogP contribution >= 0.6 is 12.4 Å². The van der Waals surface area contributed by atoms with E-state index in [1.807, 2.05) is 37.3 Å². The van der Waals surface area contributed by atoms with Crippen LogP contribution in [0.1, 0.15) is 45.8 Å². The number of aliphatic hydroxyl groups is 1. The molecule has 0 saturated carbocycles. The second-order valence-corrected chi connectivity index (χ2v) is 5.34. The molecule has 0 radical (unpaired) electrons. The summed E-state index contributed by atoms with van der Waals surface area (Å²) in [6.45, 7) is 8.65. The Kier molecular flexibility index (Phi) is 8.25. The quantitative estimate of drug-likeness (QED) is 0.829. The number of hydrogen-bond donors (Lipinski definition) is 2. The molecule has 104 valence electrons. The van der Waals surface area contributed by atoms with E-state index in [2.05, 4.69) is 26.1 Å². The van der Waals surface area contributed by atoms with Crippen LogP contribution in [0.3, 0.4) is 0 Å². The lowest BCUT2D eigenvalue weighted by Gasteiger charge is -2.25. The predicted octanol–water partition coefficient (Wildman–Crippen LogP) is 3.55. The summed E-state index contributed by atoms with van der Waals surface area (Å²) in [6.07, 6.45) is 0.692. The largest absolute Gasteiger partial charge is 0.387 e. The molecule has 3 heteroatoms. The molecule has 0 fully saturated rings. The molecule has 0 amide bonds. The molecule has 0 unspecified atom stereocenters. The Morgan fingerprint density at radius 3 is 2.11 bits per heavy atom. The third-order valence-corrected chi connectivity index (χ3v) is 2.99. The van der Waals surface area contributed by atoms with E-state index in [9.17, 15) is 5.11 Å². The van der Waals surface area contributed by atoms with E-state index in [4.69, 9.17) is 0 Å². The van der Waals surface area contributed by atoms with Crippen LogP contribution in [-0.4, -0.2) is 17.2 Å². The summed E-state index contributed by atoms with van der Waals surface area (Å²) < 4.78 is 0. The van der Waals surface area contributed by atoms with Gasteiger partial charge < -0.3 is 10.4 Å². The Morgan fingerprint density at radius 1 is 1.06 bits per heavy atom. The molecule has 0 spiro atoms. The molecule has 3 atom stereocenters. The summed E-state index contributed by atoms with van der Waals surface area (Å²) in [5, 5.41) is 13.7. The van der Waals surface area contributed by atoms with E-state index in [-0.39, 0.29) is 18.4 Å². The summed E-state index contributed by atoms with van der Waals surface area (Å²) in [7, 11) is 0. The average Bonchev–Trinajstić information content (AvgIpc) is 2.28. The first-order valence-electron chi connectivity index (χ1n) is 6.49. The van der Waals surface area contributed by atoms with Gasteiger partial charge in [-0.1, -0.05) is 44.2 Å². The Balaban J connectivity index is 0.00000289. The molecule has 0 aliphatic carbocycles. The minimum absolute atomic E-state index is 0. The number of halogens is 1. The molecule has 0 heterocycles. The molecular formula is C15H26ClNO. The highest BCUT2D eigenvalue weighted by atomic mass is 35.5. The smallest absolute Gasteiger partial charge is 0.0940 e. The fourth-order valence-electron chi connectivity index (χ4n) is 2.25. The van der Waals surface area contributed by atoms with E-state index < -0.39 is 6.10 Å². The summed E-state index contributed by atoms with van der Waals surface area (Å²) >= 11 is 0. The molecule has 0 bridgehead atoms. The maximum atomic E-state index is 10.2. The minimum Gasteiger partial charge on any atom is -0.387 e. The summed E-state index contributed by atoms with van der Waals surface area (Å²) in [5.41, 5.74) is 0.976. The van der Waals surface area contributed by atoms with Crippen molar-refractivity contribution in [2.45, 2.75) is 52.3 Å². The molecule has 1 rings (SSSR count). The van der Waals surface area contributed by atoms with Gasteiger partial charge in [-0.15, -0.1) is 12.4 Å². The first kappa shape index (κ1) is 17.4. The molecule has 0 aromatic heterocycles. The molecule has 1 aromatic rings. The zero-order chi connectivity index (χ0) is 12.8. The van der Waals surface area contributed by atoms with Gasteiger partial charge in [0, 0.05) is 12.1 Å². The summed E-state index contributed by atoms with van der Waals surface area (Å²) in [5.74, 6) is 0.679. The van der Waals surface area contributed by atoms with Crippen molar-refractivity contribution < 1.29 is 5.11 Å². The van der Waals surface area contributed by atoms with Crippen molar-refractivity contribution in [2.75, 3.05) is 0 Å². The zero-order valence-corrected chi connectivity index (χ0v) is 12.6. The first-order valence-corrected chi connectivity index (χ1v) is 6.49. The molecule has 2 N–H and O–H groups in total. The van der Waals surface area contributed by atoms with Gasteiger partial charge in [0.2, 0.25) is 0 Å². The molecule has 0 aliphatic heterocycles. The third kappa shape index (κ3) is 5.85. The zero-order valence-electron chi connectivity index (χ0n) is 11.8. The van der Waals surface area contributed by atoms with E-state index in [0.717, 1.165) is 12.0 Å². The maximum absolute atomic E-state index is 10.2. The van der Waals surface area contributed by atoms with E-state index in [1.54, 1.807) is 0 Å². The lowest BCUT2D eigenvalue weighted by atomic mass is 10.0. The SMILES string of the molecule is CC(C)C[C@H](C)N[C@H](C)[C@@H](O)c1ccccc1.Cl. The van der Waals surface area contributed by atoms with Crippen molar-refractivity contribution in [2.24, 2.45) is 5.92 Å². The molecule has 0 aliphatic rings. The predicted molar refractivity (Wildman–Crippen MR) is 80.2 cm³/mol. The highest BCUT2D eigenvalue weighted by Crippen LogP contribution is 2.17. The monoisotopic (exact) mass is 271 g/mol. The molecule has 0 saturated heterocycles. The second kappa shape index (κ2) is 8.52. The highest BCUT2D eigenvalue weighted by molar-refractivity contribution is 5.85. The van der Waals surface area contributed by atoms with E-state index in [0.29, 0.717) is 12.0 Å². The number of benzene rings is 1. The van der Waals surface area contributed by atoms with Crippen LogP contribution in [0.2, 0.25) is 0 Å². The van der Waals surface area contributed by atoms with Gasteiger partial charge in [0.15, 0.2) is 0 Å². The standard InChI is InChI=1S/C15H25NO.ClH/c1-11(2)10-12(3)16-13(4)15(17)14-8-6-5-7-9-14;/h5-9,11-13,15-17H,10H2,1-4H3;1H/t12-,13+,15+;/m0./s1. The van der Waals surface area contributed by atoms with Gasteiger partial charge in [0.05, 0.1) is 6.10 Å². The van der Waals surface area contributed by atoms with Crippen molar-refractivity contribution in [1.29, 1.82) is 0 Å². The van der Waals surface area contributed by atoms with Crippen LogP contribution in [0.5, 0.6) is 0 Å². The van der Waals surface area contributed by atoms with Gasteiger partial charge in [-0.3, -0.25) is 0 Å². The van der Waals surface area contributed by atoms with Crippen molar-refractivity contribution >= 4 is 12.4 Å². The van der Waals surface area contributed by atoms with Crippen molar-refractivity contribution in [3.05, 3.63) is 35.9 Å². The average molecular weight is 272 g/mol. The number of hydrogen-bond acceptors (Lipinski definition) is 2. The maximum Gasteiger partial charge on any atom is 0.0940 e. The Bertz CT molecular complexity index is 316. The Labute approximate surface area is 117 Å². The fourth-order valence-corrected chi connectivity index (χ4v) is 2.25. The lowest BCUT2D eigenvalue weighted by molar-refractivity contribution is 0.128. The number of aliphatic hydroxyl groups excluding tert-OH is 1. The van der Waals surface area contributed by atoms with Crippen LogP contribution in [0.15, 0.2) is 30.3 Å². The highest BCUT2D eigenvalue weighted by Gasteiger charge is 2.18. The molecule has 2 nitrogen and oxygen atoms in total. The van der Waals surface area contributed by atoms with Gasteiger partial charge in [-0.25, -0.2) is 0 Å². The summed E-state index contributed by atoms with van der Waals surface area (Å²) in [4.78, 5) is 0. The first-order chi connectivity index (χ1) is 8.00. The van der Waals surface area contributed by atoms with Gasteiger partial charge in [0.1, 0.15) is 0 Å². The van der Waals surface area contributed by atoms with Gasteiger partial charge >= 0.3 is 0 Å².